The molecule has 0 fully saturated rings. The van der Waals surface area contributed by atoms with E-state index in [2.05, 4.69) is 106 Å². The fraction of sp³-hybridized carbons (Fsp3) is 0.779. The Morgan fingerprint density at radius 2 is 0.470 bits per heavy atom. The molecule has 0 spiro atoms. The van der Waals surface area contributed by atoms with E-state index in [1.807, 2.05) is 0 Å². The van der Waals surface area contributed by atoms with Crippen LogP contribution in [0.3, 0.4) is 0 Å². The molecule has 1 unspecified atom stereocenters. The minimum atomic E-state index is -0.775. The van der Waals surface area contributed by atoms with Crippen molar-refractivity contribution in [2.45, 2.75) is 374 Å². The molecule has 480 valence electrons. The molecule has 0 radical (unpaired) electrons. The van der Waals surface area contributed by atoms with Gasteiger partial charge in [-0.05, 0) is 77.0 Å². The number of hydrogen-bond acceptors (Lipinski definition) is 6. The summed E-state index contributed by atoms with van der Waals surface area (Å²) in [7, 11) is 0. The highest BCUT2D eigenvalue weighted by molar-refractivity contribution is 5.71. The maximum atomic E-state index is 12.9. The molecule has 0 bridgehead atoms. The van der Waals surface area contributed by atoms with Gasteiger partial charge in [0.15, 0.2) is 6.10 Å². The maximum absolute atomic E-state index is 12.9. The Labute approximate surface area is 515 Å². The van der Waals surface area contributed by atoms with Crippen LogP contribution in [0, 0.1) is 0 Å². The van der Waals surface area contributed by atoms with Gasteiger partial charge in [-0.3, -0.25) is 14.4 Å². The van der Waals surface area contributed by atoms with E-state index in [1.54, 1.807) is 0 Å². The molecule has 0 aromatic rings. The maximum Gasteiger partial charge on any atom is 0.306 e. The number of esters is 3. The fourth-order valence-electron chi connectivity index (χ4n) is 10.5. The van der Waals surface area contributed by atoms with Crippen molar-refractivity contribution in [1.29, 1.82) is 0 Å². The number of ether oxygens (including phenoxy) is 3. The molecule has 83 heavy (non-hydrogen) atoms. The van der Waals surface area contributed by atoms with E-state index in [0.29, 0.717) is 19.3 Å². The van der Waals surface area contributed by atoms with Gasteiger partial charge >= 0.3 is 17.9 Å². The Kier molecular flexibility index (Phi) is 68.2. The lowest BCUT2D eigenvalue weighted by Gasteiger charge is -2.18. The summed E-state index contributed by atoms with van der Waals surface area (Å²) in [4.78, 5) is 38.1. The van der Waals surface area contributed by atoms with Gasteiger partial charge in [0.2, 0.25) is 0 Å². The second-order valence-electron chi connectivity index (χ2n) is 24.1. The van der Waals surface area contributed by atoms with Crippen LogP contribution in [0.25, 0.3) is 0 Å². The van der Waals surface area contributed by atoms with Gasteiger partial charge in [0.1, 0.15) is 13.2 Å². The van der Waals surface area contributed by atoms with E-state index in [1.165, 1.54) is 218 Å². The first kappa shape index (κ1) is 79.6. The van der Waals surface area contributed by atoms with Crippen LogP contribution in [-0.4, -0.2) is 37.2 Å². The third-order valence-corrected chi connectivity index (χ3v) is 15.9. The van der Waals surface area contributed by atoms with Gasteiger partial charge in [0.05, 0.1) is 0 Å². The molecular formula is C77H136O6. The monoisotopic (exact) mass is 1160 g/mol. The largest absolute Gasteiger partial charge is 0.462 e. The zero-order valence-electron chi connectivity index (χ0n) is 55.2. The summed E-state index contributed by atoms with van der Waals surface area (Å²) in [6, 6.07) is 0. The highest BCUT2D eigenvalue weighted by Gasteiger charge is 2.19. The lowest BCUT2D eigenvalue weighted by Crippen LogP contribution is -2.30. The topological polar surface area (TPSA) is 78.9 Å². The zero-order valence-corrected chi connectivity index (χ0v) is 55.2. The Morgan fingerprint density at radius 3 is 0.735 bits per heavy atom. The van der Waals surface area contributed by atoms with E-state index in [4.69, 9.17) is 14.2 Å². The predicted molar refractivity (Wildman–Crippen MR) is 362 cm³/mol. The minimum Gasteiger partial charge on any atom is -0.462 e. The molecule has 0 rings (SSSR count). The molecule has 6 heteroatoms. The van der Waals surface area contributed by atoms with Gasteiger partial charge in [-0.15, -0.1) is 0 Å². The number of hydrogen-bond donors (Lipinski definition) is 0. The molecule has 0 aliphatic carbocycles. The van der Waals surface area contributed by atoms with Crippen molar-refractivity contribution < 1.29 is 28.6 Å². The van der Waals surface area contributed by atoms with Crippen LogP contribution in [0.15, 0.2) is 85.1 Å². The smallest absolute Gasteiger partial charge is 0.306 e. The van der Waals surface area contributed by atoms with Crippen LogP contribution in [0.1, 0.15) is 367 Å². The van der Waals surface area contributed by atoms with Gasteiger partial charge in [-0.1, -0.05) is 356 Å². The van der Waals surface area contributed by atoms with E-state index >= 15 is 0 Å². The first-order valence-electron chi connectivity index (χ1n) is 36.1. The van der Waals surface area contributed by atoms with Crippen LogP contribution in [0.2, 0.25) is 0 Å². The summed E-state index contributed by atoms with van der Waals surface area (Å²) in [5.41, 5.74) is 0. The van der Waals surface area contributed by atoms with Gasteiger partial charge in [-0.25, -0.2) is 0 Å². The van der Waals surface area contributed by atoms with Crippen molar-refractivity contribution in [3.05, 3.63) is 85.1 Å². The number of rotatable bonds is 66. The molecule has 6 nitrogen and oxygen atoms in total. The molecule has 0 aliphatic rings. The molecule has 0 amide bonds. The lowest BCUT2D eigenvalue weighted by atomic mass is 10.0. The predicted octanol–water partition coefficient (Wildman–Crippen LogP) is 25.0. The number of unbranched alkanes of at least 4 members (excludes halogenated alkanes) is 41. The SMILES string of the molecule is CC/C=C\C/C=C\C/C=C\C/C=C\C/C=C\C/C=C\C/C=C\CCCCCCCCCCCC(=O)OCC(COC(=O)CCCCCCCC)OC(=O)CCCCCCCCCCCCCCCCCCCCCCCCCCCCCC. The number of allylic oxidation sites excluding steroid dienone is 14. The molecule has 0 N–H and O–H groups in total. The molecule has 0 heterocycles. The molecule has 0 saturated heterocycles. The van der Waals surface area contributed by atoms with Crippen LogP contribution < -0.4 is 0 Å². The number of carbonyl (C=O) groups is 3. The second kappa shape index (κ2) is 71.1. The third-order valence-electron chi connectivity index (χ3n) is 15.9. The van der Waals surface area contributed by atoms with Gasteiger partial charge in [-0.2, -0.15) is 0 Å². The van der Waals surface area contributed by atoms with Crippen LogP contribution >= 0.6 is 0 Å². The van der Waals surface area contributed by atoms with Crippen LogP contribution in [0.4, 0.5) is 0 Å². The van der Waals surface area contributed by atoms with Crippen LogP contribution in [-0.2, 0) is 28.6 Å². The van der Waals surface area contributed by atoms with Crippen molar-refractivity contribution >= 4 is 17.9 Å². The van der Waals surface area contributed by atoms with Crippen molar-refractivity contribution in [2.75, 3.05) is 13.2 Å². The van der Waals surface area contributed by atoms with Crippen molar-refractivity contribution in [3.8, 4) is 0 Å². The summed E-state index contributed by atoms with van der Waals surface area (Å²) in [5.74, 6) is -0.872. The highest BCUT2D eigenvalue weighted by Crippen LogP contribution is 2.18. The molecule has 0 aliphatic heterocycles. The van der Waals surface area contributed by atoms with Crippen molar-refractivity contribution in [2.24, 2.45) is 0 Å². The fourth-order valence-corrected chi connectivity index (χ4v) is 10.5. The zero-order chi connectivity index (χ0) is 59.9. The standard InChI is InChI=1S/C77H136O6/c1-4-7-10-13-16-18-20-22-24-26-28-30-32-34-36-38-39-40-42-43-45-47-49-51-53-55-57-59-61-64-67-70-76(79)82-73-74(72-81-75(78)69-66-63-15-12-9-6-3)83-77(80)71-68-65-62-60-58-56-54-52-50-48-46-44-41-37-35-33-31-29-27-25-23-21-19-17-14-11-8-5-2/h7,10,16,18,22,24,28,30,34,36,39-40,43,45,74H,4-6,8-9,11-15,17,19-21,23,25-27,29,31-33,35,37-38,41-42,44,46-73H2,1-3H3/b10-7-,18-16-,24-22-,30-28-,36-34-,40-39-,45-43-. The molecular weight excluding hydrogens is 1020 g/mol. The Morgan fingerprint density at radius 1 is 0.253 bits per heavy atom. The van der Waals surface area contributed by atoms with Crippen molar-refractivity contribution in [1.82, 2.24) is 0 Å². The normalized spacial score (nSPS) is 12.6. The highest BCUT2D eigenvalue weighted by atomic mass is 16.6. The average molecular weight is 1160 g/mol. The van der Waals surface area contributed by atoms with E-state index < -0.39 is 6.10 Å². The Hall–Kier alpha value is -3.41. The van der Waals surface area contributed by atoms with E-state index in [0.717, 1.165) is 109 Å². The van der Waals surface area contributed by atoms with Crippen LogP contribution in [0.5, 0.6) is 0 Å². The average Bonchev–Trinajstić information content (AvgIpc) is 3.48. The third kappa shape index (κ3) is 69.3. The second-order valence-corrected chi connectivity index (χ2v) is 24.1. The summed E-state index contributed by atoms with van der Waals surface area (Å²) < 4.78 is 16.9. The van der Waals surface area contributed by atoms with Gasteiger partial charge in [0, 0.05) is 19.3 Å². The summed E-state index contributed by atoms with van der Waals surface area (Å²) in [5, 5.41) is 0. The first-order valence-corrected chi connectivity index (χ1v) is 36.1. The summed E-state index contributed by atoms with van der Waals surface area (Å²) in [6.07, 6.45) is 95.2. The summed E-state index contributed by atoms with van der Waals surface area (Å²) >= 11 is 0. The molecule has 1 atom stereocenters. The number of carbonyl (C=O) groups excluding carboxylic acids is 3. The Bertz CT molecular complexity index is 1570. The van der Waals surface area contributed by atoms with Gasteiger partial charge in [0.25, 0.3) is 0 Å². The minimum absolute atomic E-state index is 0.0744. The molecule has 0 aromatic heterocycles. The van der Waals surface area contributed by atoms with Gasteiger partial charge < -0.3 is 14.2 Å². The van der Waals surface area contributed by atoms with Crippen molar-refractivity contribution in [3.63, 3.8) is 0 Å². The first-order chi connectivity index (χ1) is 41.0. The summed E-state index contributed by atoms with van der Waals surface area (Å²) in [6.45, 7) is 6.51. The lowest BCUT2D eigenvalue weighted by molar-refractivity contribution is -0.167. The Balaban J connectivity index is 4.03. The van der Waals surface area contributed by atoms with E-state index in [-0.39, 0.29) is 31.1 Å². The molecule has 0 saturated carbocycles. The quantitative estimate of drug-likeness (QED) is 0.0261. The van der Waals surface area contributed by atoms with E-state index in [9.17, 15) is 14.4 Å². The molecule has 0 aromatic carbocycles.